The Balaban J connectivity index is 4.38. The van der Waals surface area contributed by atoms with Crippen molar-refractivity contribution in [3.63, 3.8) is 0 Å². The Morgan fingerprint density at radius 1 is 1.21 bits per heavy atom. The van der Waals surface area contributed by atoms with Crippen LogP contribution >= 0.6 is 0 Å². The van der Waals surface area contributed by atoms with Crippen molar-refractivity contribution in [1.29, 1.82) is 0 Å². The zero-order valence-corrected chi connectivity index (χ0v) is 13.2. The summed E-state index contributed by atoms with van der Waals surface area (Å²) in [4.78, 5) is 0. The number of hydrogen-bond acceptors (Lipinski definition) is 3. The molecule has 0 aliphatic carbocycles. The Labute approximate surface area is 118 Å². The molecular weight excluding hydrogens is 240 g/mol. The van der Waals surface area contributed by atoms with Gasteiger partial charge in [-0.25, -0.2) is 0 Å². The average molecular weight is 272 g/mol. The molecule has 3 heteroatoms. The first kappa shape index (κ1) is 18.6. The minimum atomic E-state index is -0.712. The Kier molecular flexibility index (Phi) is 7.87. The standard InChI is InChI=1S/C16H32O3/c1-11(2)8-7-9-12(3)14(18)13(4)15(19)16(5,6)10-17/h12-15,17-19H,1,7-10H2,2-6H3/t12-,13+,14-,15+/m0/s1. The summed E-state index contributed by atoms with van der Waals surface area (Å²) in [6, 6.07) is 0. The van der Waals surface area contributed by atoms with Gasteiger partial charge in [0.2, 0.25) is 0 Å². The molecule has 0 aromatic heterocycles. The van der Waals surface area contributed by atoms with E-state index in [9.17, 15) is 15.3 Å². The van der Waals surface area contributed by atoms with Crippen LogP contribution in [0.4, 0.5) is 0 Å². The Hall–Kier alpha value is -0.380. The summed E-state index contributed by atoms with van der Waals surface area (Å²) in [6.07, 6.45) is 1.66. The number of aliphatic hydroxyl groups excluding tert-OH is 3. The molecule has 0 amide bonds. The molecule has 0 saturated carbocycles. The third-order valence-electron chi connectivity index (χ3n) is 4.09. The molecule has 0 radical (unpaired) electrons. The highest BCUT2D eigenvalue weighted by Crippen LogP contribution is 2.30. The first-order valence-corrected chi connectivity index (χ1v) is 7.24. The maximum atomic E-state index is 10.3. The molecule has 0 aliphatic heterocycles. The van der Waals surface area contributed by atoms with E-state index in [0.717, 1.165) is 24.8 Å². The van der Waals surface area contributed by atoms with Gasteiger partial charge in [0, 0.05) is 11.3 Å². The van der Waals surface area contributed by atoms with E-state index in [2.05, 4.69) is 6.58 Å². The zero-order chi connectivity index (χ0) is 15.2. The van der Waals surface area contributed by atoms with E-state index in [-0.39, 0.29) is 18.4 Å². The fourth-order valence-electron chi connectivity index (χ4n) is 2.41. The summed E-state index contributed by atoms with van der Waals surface area (Å²) in [5.74, 6) is -0.111. The van der Waals surface area contributed by atoms with Gasteiger partial charge in [-0.2, -0.15) is 0 Å². The lowest BCUT2D eigenvalue weighted by Gasteiger charge is -2.36. The van der Waals surface area contributed by atoms with Gasteiger partial charge in [0.25, 0.3) is 0 Å². The quantitative estimate of drug-likeness (QED) is 0.566. The summed E-state index contributed by atoms with van der Waals surface area (Å²) in [5.41, 5.74) is 0.578. The van der Waals surface area contributed by atoms with E-state index in [1.165, 1.54) is 0 Å². The van der Waals surface area contributed by atoms with Gasteiger partial charge in [-0.05, 0) is 32.1 Å². The Morgan fingerprint density at radius 2 is 1.74 bits per heavy atom. The Morgan fingerprint density at radius 3 is 2.16 bits per heavy atom. The van der Waals surface area contributed by atoms with E-state index < -0.39 is 17.6 Å². The molecule has 3 nitrogen and oxygen atoms in total. The molecule has 0 fully saturated rings. The summed E-state index contributed by atoms with van der Waals surface area (Å²) >= 11 is 0. The van der Waals surface area contributed by atoms with Gasteiger partial charge in [-0.3, -0.25) is 0 Å². The van der Waals surface area contributed by atoms with Crippen molar-refractivity contribution >= 4 is 0 Å². The number of hydrogen-bond donors (Lipinski definition) is 3. The lowest BCUT2D eigenvalue weighted by molar-refractivity contribution is -0.0755. The smallest absolute Gasteiger partial charge is 0.0663 e. The minimum absolute atomic E-state index is 0.0880. The summed E-state index contributed by atoms with van der Waals surface area (Å²) < 4.78 is 0. The van der Waals surface area contributed by atoms with Crippen LogP contribution in [0.25, 0.3) is 0 Å². The molecule has 0 unspecified atom stereocenters. The van der Waals surface area contributed by atoms with E-state index in [1.807, 2.05) is 34.6 Å². The topological polar surface area (TPSA) is 60.7 Å². The van der Waals surface area contributed by atoms with Crippen LogP contribution in [0, 0.1) is 17.3 Å². The monoisotopic (exact) mass is 272 g/mol. The van der Waals surface area contributed by atoms with E-state index in [1.54, 1.807) is 0 Å². The molecule has 114 valence electrons. The highest BCUT2D eigenvalue weighted by atomic mass is 16.3. The zero-order valence-electron chi connectivity index (χ0n) is 13.2. The van der Waals surface area contributed by atoms with E-state index in [4.69, 9.17) is 0 Å². The van der Waals surface area contributed by atoms with E-state index in [0.29, 0.717) is 0 Å². The van der Waals surface area contributed by atoms with Crippen molar-refractivity contribution in [2.24, 2.45) is 17.3 Å². The number of rotatable bonds is 9. The van der Waals surface area contributed by atoms with Crippen LogP contribution in [0.15, 0.2) is 12.2 Å². The maximum absolute atomic E-state index is 10.3. The molecule has 0 saturated heterocycles. The molecule has 0 aromatic carbocycles. The first-order valence-electron chi connectivity index (χ1n) is 7.24. The highest BCUT2D eigenvalue weighted by Gasteiger charge is 2.36. The van der Waals surface area contributed by atoms with Gasteiger partial charge >= 0.3 is 0 Å². The van der Waals surface area contributed by atoms with Crippen molar-refractivity contribution in [2.75, 3.05) is 6.61 Å². The van der Waals surface area contributed by atoms with Gasteiger partial charge in [0.15, 0.2) is 0 Å². The van der Waals surface area contributed by atoms with Crippen LogP contribution in [0.3, 0.4) is 0 Å². The summed E-state index contributed by atoms with van der Waals surface area (Å²) in [6.45, 7) is 13.3. The second-order valence-corrected chi connectivity index (χ2v) is 6.77. The molecule has 0 bridgehead atoms. The predicted octanol–water partition coefficient (Wildman–Crippen LogP) is 2.75. The SMILES string of the molecule is C=C(C)CCC[C@H](C)[C@H](O)[C@@H](C)[C@@H](O)C(C)(C)CO. The lowest BCUT2D eigenvalue weighted by Crippen LogP contribution is -2.44. The number of allylic oxidation sites excluding steroid dienone is 1. The van der Waals surface area contributed by atoms with E-state index >= 15 is 0 Å². The maximum Gasteiger partial charge on any atom is 0.0663 e. The summed E-state index contributed by atoms with van der Waals surface area (Å²) in [5, 5.41) is 29.8. The minimum Gasteiger partial charge on any atom is -0.396 e. The summed E-state index contributed by atoms with van der Waals surface area (Å²) in [7, 11) is 0. The van der Waals surface area contributed by atoms with Gasteiger partial charge in [0.1, 0.15) is 0 Å². The highest BCUT2D eigenvalue weighted by molar-refractivity contribution is 4.89. The average Bonchev–Trinajstić information content (AvgIpc) is 2.35. The van der Waals surface area contributed by atoms with Crippen LogP contribution < -0.4 is 0 Å². The lowest BCUT2D eigenvalue weighted by atomic mass is 9.76. The molecular formula is C16H32O3. The second kappa shape index (κ2) is 8.03. The molecule has 0 aliphatic rings. The van der Waals surface area contributed by atoms with Crippen molar-refractivity contribution in [3.8, 4) is 0 Å². The largest absolute Gasteiger partial charge is 0.396 e. The molecule has 0 aromatic rings. The molecule has 4 atom stereocenters. The molecule has 19 heavy (non-hydrogen) atoms. The van der Waals surface area contributed by atoms with Crippen LogP contribution in [0.5, 0.6) is 0 Å². The van der Waals surface area contributed by atoms with Crippen LogP contribution in [-0.4, -0.2) is 34.1 Å². The fraction of sp³-hybridized carbons (Fsp3) is 0.875. The number of aliphatic hydroxyl groups is 3. The first-order chi connectivity index (χ1) is 8.63. The molecule has 0 spiro atoms. The van der Waals surface area contributed by atoms with Crippen molar-refractivity contribution in [1.82, 2.24) is 0 Å². The van der Waals surface area contributed by atoms with Gasteiger partial charge in [-0.1, -0.05) is 33.3 Å². The van der Waals surface area contributed by atoms with Crippen LogP contribution in [0.1, 0.15) is 53.9 Å². The Bertz CT molecular complexity index is 273. The van der Waals surface area contributed by atoms with Crippen molar-refractivity contribution in [3.05, 3.63) is 12.2 Å². The third kappa shape index (κ3) is 6.07. The van der Waals surface area contributed by atoms with Gasteiger partial charge in [0.05, 0.1) is 18.8 Å². The molecule has 0 heterocycles. The van der Waals surface area contributed by atoms with Crippen molar-refractivity contribution in [2.45, 2.75) is 66.1 Å². The fourth-order valence-corrected chi connectivity index (χ4v) is 2.41. The molecule has 0 rings (SSSR count). The van der Waals surface area contributed by atoms with Crippen LogP contribution in [0.2, 0.25) is 0 Å². The van der Waals surface area contributed by atoms with Gasteiger partial charge in [-0.15, -0.1) is 6.58 Å². The third-order valence-corrected chi connectivity index (χ3v) is 4.09. The van der Waals surface area contributed by atoms with Crippen LogP contribution in [-0.2, 0) is 0 Å². The normalized spacial score (nSPS) is 18.7. The van der Waals surface area contributed by atoms with Crippen molar-refractivity contribution < 1.29 is 15.3 Å². The second-order valence-electron chi connectivity index (χ2n) is 6.77. The molecule has 3 N–H and O–H groups in total. The predicted molar refractivity (Wildman–Crippen MR) is 79.9 cm³/mol. The van der Waals surface area contributed by atoms with Gasteiger partial charge < -0.3 is 15.3 Å².